The summed E-state index contributed by atoms with van der Waals surface area (Å²) in [4.78, 5) is 14.0. The minimum atomic E-state index is -0.510. The summed E-state index contributed by atoms with van der Waals surface area (Å²) in [6, 6.07) is 4.75. The summed E-state index contributed by atoms with van der Waals surface area (Å²) in [6.07, 6.45) is 1.69. The summed E-state index contributed by atoms with van der Waals surface area (Å²) in [5.74, 6) is -0.295. The highest BCUT2D eigenvalue weighted by molar-refractivity contribution is 9.10. The van der Waals surface area contributed by atoms with Crippen LogP contribution < -0.4 is 0 Å². The van der Waals surface area contributed by atoms with Crippen LogP contribution in [0, 0.1) is 5.82 Å². The Morgan fingerprint density at radius 1 is 1.45 bits per heavy atom. The summed E-state index contributed by atoms with van der Waals surface area (Å²) >= 11 is 3.34. The van der Waals surface area contributed by atoms with Crippen LogP contribution in [0.25, 0.3) is 0 Å². The van der Waals surface area contributed by atoms with E-state index in [1.54, 1.807) is 11.0 Å². The third kappa shape index (κ3) is 4.20. The number of hydrogen-bond acceptors (Lipinski definition) is 2. The van der Waals surface area contributed by atoms with Crippen molar-refractivity contribution in [2.24, 2.45) is 0 Å². The molecule has 1 amide bonds. The van der Waals surface area contributed by atoms with Crippen molar-refractivity contribution in [2.45, 2.75) is 51.8 Å². The van der Waals surface area contributed by atoms with E-state index < -0.39 is 5.60 Å². The van der Waals surface area contributed by atoms with Gasteiger partial charge >= 0.3 is 6.09 Å². The zero-order valence-corrected chi connectivity index (χ0v) is 13.5. The van der Waals surface area contributed by atoms with E-state index in [4.69, 9.17) is 4.74 Å². The van der Waals surface area contributed by atoms with Crippen LogP contribution in [0.4, 0.5) is 9.18 Å². The monoisotopic (exact) mass is 343 g/mol. The number of hydrogen-bond donors (Lipinski definition) is 0. The lowest BCUT2D eigenvalue weighted by Gasteiger charge is -2.27. The molecule has 0 saturated heterocycles. The second kappa shape index (κ2) is 5.72. The molecule has 20 heavy (non-hydrogen) atoms. The van der Waals surface area contributed by atoms with Gasteiger partial charge < -0.3 is 9.64 Å². The Bertz CT molecular complexity index is 509. The first-order valence-corrected chi connectivity index (χ1v) is 7.49. The normalized spacial score (nSPS) is 15.1. The van der Waals surface area contributed by atoms with Crippen LogP contribution in [-0.2, 0) is 11.3 Å². The Labute approximate surface area is 127 Å². The maximum Gasteiger partial charge on any atom is 0.410 e. The molecule has 0 atom stereocenters. The summed E-state index contributed by atoms with van der Waals surface area (Å²) in [6.45, 7) is 5.98. The summed E-state index contributed by atoms with van der Waals surface area (Å²) in [7, 11) is 0. The molecule has 1 saturated carbocycles. The Hall–Kier alpha value is -1.10. The Kier molecular flexibility index (Phi) is 4.37. The average molecular weight is 344 g/mol. The first-order chi connectivity index (χ1) is 9.26. The molecule has 1 aromatic carbocycles. The fraction of sp³-hybridized carbons (Fsp3) is 0.533. The van der Waals surface area contributed by atoms with Gasteiger partial charge in [0.15, 0.2) is 0 Å². The van der Waals surface area contributed by atoms with Crippen LogP contribution >= 0.6 is 15.9 Å². The largest absolute Gasteiger partial charge is 0.444 e. The van der Waals surface area contributed by atoms with Crippen LogP contribution in [0.1, 0.15) is 39.2 Å². The van der Waals surface area contributed by atoms with Crippen molar-refractivity contribution in [3.63, 3.8) is 0 Å². The Balaban J connectivity index is 2.11. The van der Waals surface area contributed by atoms with Crippen LogP contribution in [0.15, 0.2) is 22.7 Å². The zero-order chi connectivity index (χ0) is 14.9. The molecule has 0 spiro atoms. The van der Waals surface area contributed by atoms with Crippen LogP contribution in [-0.4, -0.2) is 22.6 Å². The molecular formula is C15H19BrFNO2. The predicted octanol–water partition coefficient (Wildman–Crippen LogP) is 4.49. The van der Waals surface area contributed by atoms with E-state index in [1.807, 2.05) is 20.8 Å². The first-order valence-electron chi connectivity index (χ1n) is 6.70. The number of carbonyl (C=O) groups is 1. The molecule has 1 aliphatic rings. The van der Waals surface area contributed by atoms with Gasteiger partial charge in [-0.15, -0.1) is 0 Å². The molecule has 0 aliphatic heterocycles. The highest BCUT2D eigenvalue weighted by atomic mass is 79.9. The van der Waals surface area contributed by atoms with Gasteiger partial charge in [-0.05, 0) is 51.3 Å². The van der Waals surface area contributed by atoms with Crippen LogP contribution in [0.5, 0.6) is 0 Å². The fourth-order valence-corrected chi connectivity index (χ4v) is 2.36. The SMILES string of the molecule is CC(C)(C)OC(=O)N(Cc1ccc(F)cc1Br)C1CC1. The van der Waals surface area contributed by atoms with Crippen molar-refractivity contribution in [1.29, 1.82) is 0 Å². The molecule has 0 aromatic heterocycles. The number of ether oxygens (including phenoxy) is 1. The molecule has 0 N–H and O–H groups in total. The average Bonchev–Trinajstić information content (AvgIpc) is 3.09. The fourth-order valence-electron chi connectivity index (χ4n) is 1.88. The van der Waals surface area contributed by atoms with E-state index in [9.17, 15) is 9.18 Å². The molecule has 0 radical (unpaired) electrons. The second-order valence-corrected chi connectivity index (χ2v) is 6.93. The lowest BCUT2D eigenvalue weighted by molar-refractivity contribution is 0.0216. The molecule has 110 valence electrons. The molecule has 3 nitrogen and oxygen atoms in total. The molecule has 1 aliphatic carbocycles. The summed E-state index contributed by atoms with van der Waals surface area (Å²) in [5.41, 5.74) is 0.369. The van der Waals surface area contributed by atoms with Gasteiger partial charge in [-0.1, -0.05) is 22.0 Å². The lowest BCUT2D eigenvalue weighted by atomic mass is 10.2. The van der Waals surface area contributed by atoms with Gasteiger partial charge in [0, 0.05) is 10.5 Å². The number of nitrogens with zero attached hydrogens (tertiary/aromatic N) is 1. The highest BCUT2D eigenvalue weighted by Crippen LogP contribution is 2.31. The van der Waals surface area contributed by atoms with E-state index in [2.05, 4.69) is 15.9 Å². The van der Waals surface area contributed by atoms with Gasteiger partial charge in [0.05, 0.1) is 6.54 Å². The van der Waals surface area contributed by atoms with Gasteiger partial charge in [-0.2, -0.15) is 0 Å². The number of benzene rings is 1. The quantitative estimate of drug-likeness (QED) is 0.809. The minimum absolute atomic E-state index is 0.238. The third-order valence-electron chi connectivity index (χ3n) is 2.97. The third-order valence-corrected chi connectivity index (χ3v) is 3.71. The molecule has 2 rings (SSSR count). The summed E-state index contributed by atoms with van der Waals surface area (Å²) in [5, 5.41) is 0. The van der Waals surface area contributed by atoms with Crippen molar-refractivity contribution in [3.8, 4) is 0 Å². The van der Waals surface area contributed by atoms with Gasteiger partial charge in [0.2, 0.25) is 0 Å². The minimum Gasteiger partial charge on any atom is -0.444 e. The zero-order valence-electron chi connectivity index (χ0n) is 12.0. The lowest BCUT2D eigenvalue weighted by Crippen LogP contribution is -2.37. The van der Waals surface area contributed by atoms with E-state index in [0.717, 1.165) is 18.4 Å². The van der Waals surface area contributed by atoms with Crippen molar-refractivity contribution < 1.29 is 13.9 Å². The maximum absolute atomic E-state index is 13.1. The predicted molar refractivity (Wildman–Crippen MR) is 78.9 cm³/mol. The van der Waals surface area contributed by atoms with Gasteiger partial charge in [0.1, 0.15) is 11.4 Å². The van der Waals surface area contributed by atoms with Crippen molar-refractivity contribution >= 4 is 22.0 Å². The molecule has 1 aromatic rings. The molecule has 5 heteroatoms. The Morgan fingerprint density at radius 2 is 2.10 bits per heavy atom. The second-order valence-electron chi connectivity index (χ2n) is 6.08. The van der Waals surface area contributed by atoms with E-state index >= 15 is 0 Å². The molecule has 0 unspecified atom stereocenters. The number of carbonyl (C=O) groups excluding carboxylic acids is 1. The number of rotatable bonds is 3. The van der Waals surface area contributed by atoms with Gasteiger partial charge in [0.25, 0.3) is 0 Å². The van der Waals surface area contributed by atoms with Crippen LogP contribution in [0.3, 0.4) is 0 Å². The van der Waals surface area contributed by atoms with Crippen LogP contribution in [0.2, 0.25) is 0 Å². The van der Waals surface area contributed by atoms with E-state index in [0.29, 0.717) is 11.0 Å². The van der Waals surface area contributed by atoms with Gasteiger partial charge in [-0.3, -0.25) is 0 Å². The van der Waals surface area contributed by atoms with E-state index in [-0.39, 0.29) is 18.0 Å². The number of halogens is 2. The molecular weight excluding hydrogens is 325 g/mol. The maximum atomic E-state index is 13.1. The van der Waals surface area contributed by atoms with Gasteiger partial charge in [-0.25, -0.2) is 9.18 Å². The highest BCUT2D eigenvalue weighted by Gasteiger charge is 2.35. The molecule has 0 heterocycles. The Morgan fingerprint density at radius 3 is 2.60 bits per heavy atom. The topological polar surface area (TPSA) is 29.5 Å². The van der Waals surface area contributed by atoms with Crippen molar-refractivity contribution in [2.75, 3.05) is 0 Å². The van der Waals surface area contributed by atoms with Crippen molar-refractivity contribution in [3.05, 3.63) is 34.1 Å². The standard InChI is InChI=1S/C15H19BrFNO2/c1-15(2,3)20-14(19)18(12-6-7-12)9-10-4-5-11(17)8-13(10)16/h4-5,8,12H,6-7,9H2,1-3H3. The summed E-state index contributed by atoms with van der Waals surface area (Å²) < 4.78 is 19.2. The smallest absolute Gasteiger partial charge is 0.410 e. The van der Waals surface area contributed by atoms with Crippen molar-refractivity contribution in [1.82, 2.24) is 4.90 Å². The molecule has 1 fully saturated rings. The van der Waals surface area contributed by atoms with E-state index in [1.165, 1.54) is 12.1 Å². The first kappa shape index (κ1) is 15.3. The number of amides is 1. The molecule has 0 bridgehead atoms.